The maximum Gasteiger partial charge on any atom is 0.347 e. The Morgan fingerprint density at radius 2 is 2.05 bits per heavy atom. The Morgan fingerprint density at radius 1 is 1.32 bits per heavy atom. The van der Waals surface area contributed by atoms with Gasteiger partial charge in [-0.1, -0.05) is 11.3 Å². The second-order valence-electron chi connectivity index (χ2n) is 4.09. The summed E-state index contributed by atoms with van der Waals surface area (Å²) in [6.45, 7) is 3.63. The van der Waals surface area contributed by atoms with Crippen molar-refractivity contribution in [3.8, 4) is 11.4 Å². The third-order valence-electron chi connectivity index (χ3n) is 2.87. The number of aryl methyl sites for hydroxylation is 2. The molecule has 0 amide bonds. The first-order valence-electron chi connectivity index (χ1n) is 5.57. The van der Waals surface area contributed by atoms with Gasteiger partial charge in [0.15, 0.2) is 4.96 Å². The Kier molecular flexibility index (Phi) is 2.56. The Bertz CT molecular complexity index is 790. The third kappa shape index (κ3) is 1.78. The van der Waals surface area contributed by atoms with Crippen molar-refractivity contribution in [3.63, 3.8) is 0 Å². The minimum absolute atomic E-state index is 0.310. The molecule has 3 aromatic heterocycles. The number of rotatable bonds is 2. The molecule has 0 radical (unpaired) electrons. The van der Waals surface area contributed by atoms with Gasteiger partial charge in [0, 0.05) is 24.3 Å². The van der Waals surface area contributed by atoms with E-state index in [4.69, 9.17) is 5.11 Å². The standard InChI is InChI=1S/C12H10N4O2S/c1-6-9(14-4-3-13-6)8-5-16-7(2)10(11(17)18)19-12(16)15-8/h3-5H,1-2H3,(H,17,18). The number of nitrogens with zero attached hydrogens (tertiary/aromatic N) is 4. The summed E-state index contributed by atoms with van der Waals surface area (Å²) in [6, 6.07) is 0. The molecule has 0 fully saturated rings. The van der Waals surface area contributed by atoms with Crippen LogP contribution in [0.4, 0.5) is 0 Å². The van der Waals surface area contributed by atoms with Crippen molar-refractivity contribution in [1.82, 2.24) is 19.4 Å². The van der Waals surface area contributed by atoms with E-state index in [0.29, 0.717) is 21.2 Å². The number of aromatic nitrogens is 4. The van der Waals surface area contributed by atoms with Crippen LogP contribution in [-0.4, -0.2) is 30.4 Å². The van der Waals surface area contributed by atoms with Gasteiger partial charge in [-0.2, -0.15) is 0 Å². The van der Waals surface area contributed by atoms with E-state index in [9.17, 15) is 4.79 Å². The molecule has 0 spiro atoms. The average molecular weight is 274 g/mol. The van der Waals surface area contributed by atoms with E-state index in [-0.39, 0.29) is 0 Å². The smallest absolute Gasteiger partial charge is 0.347 e. The van der Waals surface area contributed by atoms with Crippen molar-refractivity contribution in [2.75, 3.05) is 0 Å². The van der Waals surface area contributed by atoms with Crippen LogP contribution < -0.4 is 0 Å². The highest BCUT2D eigenvalue weighted by Gasteiger charge is 2.18. The van der Waals surface area contributed by atoms with Crippen LogP contribution in [0.15, 0.2) is 18.6 Å². The molecule has 6 nitrogen and oxygen atoms in total. The molecule has 3 rings (SSSR count). The van der Waals surface area contributed by atoms with Gasteiger partial charge in [0.2, 0.25) is 0 Å². The highest BCUT2D eigenvalue weighted by molar-refractivity contribution is 7.19. The van der Waals surface area contributed by atoms with Crippen LogP contribution in [-0.2, 0) is 0 Å². The number of imidazole rings is 1. The third-order valence-corrected chi connectivity index (χ3v) is 4.02. The fraction of sp³-hybridized carbons (Fsp3) is 0.167. The molecule has 19 heavy (non-hydrogen) atoms. The molecule has 0 atom stereocenters. The van der Waals surface area contributed by atoms with E-state index >= 15 is 0 Å². The number of carbonyl (C=O) groups is 1. The monoisotopic (exact) mass is 274 g/mol. The minimum atomic E-state index is -0.926. The van der Waals surface area contributed by atoms with Crippen molar-refractivity contribution >= 4 is 22.3 Å². The second kappa shape index (κ2) is 4.13. The summed E-state index contributed by atoms with van der Waals surface area (Å²) in [6.07, 6.45) is 5.04. The lowest BCUT2D eigenvalue weighted by molar-refractivity contribution is 0.0701. The Hall–Kier alpha value is -2.28. The van der Waals surface area contributed by atoms with Crippen LogP contribution >= 0.6 is 11.3 Å². The number of carboxylic acid groups (broad SMARTS) is 1. The predicted octanol–water partition coefficient (Wildman–Crippen LogP) is 2.17. The topological polar surface area (TPSA) is 80.4 Å². The van der Waals surface area contributed by atoms with E-state index in [0.717, 1.165) is 22.7 Å². The van der Waals surface area contributed by atoms with Gasteiger partial charge in [0.05, 0.1) is 5.69 Å². The largest absolute Gasteiger partial charge is 0.477 e. The lowest BCUT2D eigenvalue weighted by Gasteiger charge is -1.98. The maximum absolute atomic E-state index is 11.0. The van der Waals surface area contributed by atoms with E-state index < -0.39 is 5.97 Å². The summed E-state index contributed by atoms with van der Waals surface area (Å²) in [7, 11) is 0. The van der Waals surface area contributed by atoms with E-state index in [1.54, 1.807) is 29.9 Å². The lowest BCUT2D eigenvalue weighted by Crippen LogP contribution is -1.96. The average Bonchev–Trinajstić information content (AvgIpc) is 2.90. The van der Waals surface area contributed by atoms with Gasteiger partial charge in [0.25, 0.3) is 0 Å². The number of hydrogen-bond donors (Lipinski definition) is 1. The van der Waals surface area contributed by atoms with Crippen molar-refractivity contribution in [3.05, 3.63) is 34.9 Å². The molecule has 0 aromatic carbocycles. The van der Waals surface area contributed by atoms with Crippen molar-refractivity contribution in [1.29, 1.82) is 0 Å². The van der Waals surface area contributed by atoms with Crippen molar-refractivity contribution in [2.45, 2.75) is 13.8 Å². The highest BCUT2D eigenvalue weighted by atomic mass is 32.1. The summed E-state index contributed by atoms with van der Waals surface area (Å²) < 4.78 is 1.78. The number of thiazole rings is 1. The zero-order valence-electron chi connectivity index (χ0n) is 10.3. The number of hydrogen-bond acceptors (Lipinski definition) is 5. The van der Waals surface area contributed by atoms with E-state index in [2.05, 4.69) is 15.0 Å². The molecule has 0 saturated carbocycles. The van der Waals surface area contributed by atoms with Crippen LogP contribution in [0, 0.1) is 13.8 Å². The summed E-state index contributed by atoms with van der Waals surface area (Å²) in [5, 5.41) is 9.06. The zero-order valence-corrected chi connectivity index (χ0v) is 11.1. The fourth-order valence-corrected chi connectivity index (χ4v) is 2.87. The molecule has 0 unspecified atom stereocenters. The molecular weight excluding hydrogens is 264 g/mol. The fourth-order valence-electron chi connectivity index (χ4n) is 1.92. The van der Waals surface area contributed by atoms with Crippen molar-refractivity contribution in [2.24, 2.45) is 0 Å². The van der Waals surface area contributed by atoms with Gasteiger partial charge in [0.1, 0.15) is 16.3 Å². The molecule has 0 aliphatic heterocycles. The normalized spacial score (nSPS) is 11.1. The van der Waals surface area contributed by atoms with Crippen LogP contribution in [0.3, 0.4) is 0 Å². The number of fused-ring (bicyclic) bond motifs is 1. The van der Waals surface area contributed by atoms with Crippen LogP contribution in [0.25, 0.3) is 16.3 Å². The van der Waals surface area contributed by atoms with Gasteiger partial charge >= 0.3 is 5.97 Å². The quantitative estimate of drug-likeness (QED) is 0.774. The van der Waals surface area contributed by atoms with Crippen LogP contribution in [0.2, 0.25) is 0 Å². The molecule has 0 aliphatic carbocycles. The Balaban J connectivity index is 2.19. The first-order chi connectivity index (χ1) is 9.08. The minimum Gasteiger partial charge on any atom is -0.477 e. The van der Waals surface area contributed by atoms with Gasteiger partial charge in [-0.3, -0.25) is 14.4 Å². The number of aromatic carboxylic acids is 1. The van der Waals surface area contributed by atoms with Crippen LogP contribution in [0.1, 0.15) is 21.1 Å². The summed E-state index contributed by atoms with van der Waals surface area (Å²) in [5.41, 5.74) is 2.89. The van der Waals surface area contributed by atoms with Gasteiger partial charge in [-0.25, -0.2) is 9.78 Å². The molecular formula is C12H10N4O2S. The molecule has 7 heteroatoms. The molecule has 0 saturated heterocycles. The van der Waals surface area contributed by atoms with Gasteiger partial charge in [-0.15, -0.1) is 0 Å². The SMILES string of the molecule is Cc1nccnc1-c1cn2c(C)c(C(=O)O)sc2n1. The molecule has 0 aliphatic rings. The van der Waals surface area contributed by atoms with Gasteiger partial charge < -0.3 is 5.11 Å². The van der Waals surface area contributed by atoms with Crippen molar-refractivity contribution < 1.29 is 9.90 Å². The maximum atomic E-state index is 11.0. The first kappa shape index (κ1) is 11.8. The Labute approximate surface area is 112 Å². The summed E-state index contributed by atoms with van der Waals surface area (Å²) >= 11 is 1.16. The predicted molar refractivity (Wildman–Crippen MR) is 70.5 cm³/mol. The molecule has 3 aromatic rings. The summed E-state index contributed by atoms with van der Waals surface area (Å²) in [5.74, 6) is -0.926. The number of carboxylic acids is 1. The van der Waals surface area contributed by atoms with Gasteiger partial charge in [-0.05, 0) is 13.8 Å². The first-order valence-corrected chi connectivity index (χ1v) is 6.39. The molecule has 3 heterocycles. The molecule has 1 N–H and O–H groups in total. The second-order valence-corrected chi connectivity index (χ2v) is 5.07. The van der Waals surface area contributed by atoms with Crippen LogP contribution in [0.5, 0.6) is 0 Å². The van der Waals surface area contributed by atoms with E-state index in [1.165, 1.54) is 0 Å². The summed E-state index contributed by atoms with van der Waals surface area (Å²) in [4.78, 5) is 24.9. The molecule has 96 valence electrons. The lowest BCUT2D eigenvalue weighted by atomic mass is 10.2. The Morgan fingerprint density at radius 3 is 2.68 bits per heavy atom. The van der Waals surface area contributed by atoms with E-state index in [1.807, 2.05) is 6.92 Å². The molecule has 0 bridgehead atoms. The zero-order chi connectivity index (χ0) is 13.6. The highest BCUT2D eigenvalue weighted by Crippen LogP contribution is 2.26.